The third-order valence-electron chi connectivity index (χ3n) is 3.06. The van der Waals surface area contributed by atoms with Gasteiger partial charge < -0.3 is 0 Å². The van der Waals surface area contributed by atoms with Crippen LogP contribution in [0.2, 0.25) is 3.98 Å². The molecular formula is C15H16NTl. The zero-order chi connectivity index (χ0) is 12.1. The van der Waals surface area contributed by atoms with Crippen molar-refractivity contribution in [2.75, 3.05) is 0 Å². The molecule has 1 aromatic heterocycles. The molecule has 1 nitrogen and oxygen atoms in total. The molecule has 1 heterocycles. The molecule has 0 unspecified atom stereocenters. The van der Waals surface area contributed by atoms with Crippen molar-refractivity contribution in [2.45, 2.75) is 23.2 Å². The van der Waals surface area contributed by atoms with E-state index < -0.39 is 0 Å². The van der Waals surface area contributed by atoms with Crippen molar-refractivity contribution in [1.82, 2.24) is 4.98 Å². The molecule has 0 radical (unpaired) electrons. The second kappa shape index (κ2) is 6.29. The van der Waals surface area contributed by atoms with Gasteiger partial charge in [-0.3, -0.25) is 0 Å². The molecule has 1 aromatic carbocycles. The summed E-state index contributed by atoms with van der Waals surface area (Å²) in [5.74, 6) is 0. The third-order valence-corrected chi connectivity index (χ3v) is 4.65. The van der Waals surface area contributed by atoms with Crippen LogP contribution in [-0.4, -0.2) is 30.8 Å². The van der Waals surface area contributed by atoms with Crippen molar-refractivity contribution in [3.8, 4) is 0 Å². The van der Waals surface area contributed by atoms with Crippen LogP contribution < -0.4 is 0 Å². The van der Waals surface area contributed by atoms with Crippen LogP contribution in [0, 0.1) is 0 Å². The van der Waals surface area contributed by atoms with Gasteiger partial charge in [-0.05, 0) is 0 Å². The Hall–Kier alpha value is -0.708. The number of aromatic nitrogens is 1. The molecule has 17 heavy (non-hydrogen) atoms. The van der Waals surface area contributed by atoms with Crippen LogP contribution in [0.15, 0.2) is 37.2 Å². The number of hydrogen-bond donors (Lipinski definition) is 0. The Kier molecular flexibility index (Phi) is 4.71. The summed E-state index contributed by atoms with van der Waals surface area (Å²) >= 11 is 1.14. The molecule has 0 amide bonds. The molecule has 0 fully saturated rings. The number of hydrogen-bond acceptors (Lipinski definition) is 1. The first-order valence-electron chi connectivity index (χ1n) is 6.05. The van der Waals surface area contributed by atoms with E-state index in [4.69, 9.17) is 0 Å². The zero-order valence-corrected chi connectivity index (χ0v) is 14.5. The molecule has 2 aromatic rings. The van der Waals surface area contributed by atoms with E-state index >= 15 is 0 Å². The summed E-state index contributed by atoms with van der Waals surface area (Å²) in [5, 5.41) is 2.57. The van der Waals surface area contributed by atoms with Gasteiger partial charge >= 0.3 is 119 Å². The summed E-state index contributed by atoms with van der Waals surface area (Å²) in [6.07, 6.45) is 9.61. The monoisotopic (exact) mass is 415 g/mol. The van der Waals surface area contributed by atoms with E-state index in [1.807, 2.05) is 18.5 Å². The number of unbranched alkanes of at least 4 members (excludes halogenated alkanes) is 1. The van der Waals surface area contributed by atoms with E-state index in [2.05, 4.69) is 29.8 Å². The Bertz CT molecular complexity index is 519. The average molecular weight is 415 g/mol. The van der Waals surface area contributed by atoms with Crippen molar-refractivity contribution < 1.29 is 0 Å². The number of benzene rings is 1. The third kappa shape index (κ3) is 2.94. The second-order valence-electron chi connectivity index (χ2n) is 4.19. The summed E-state index contributed by atoms with van der Waals surface area (Å²) < 4.78 is 1.43. The van der Waals surface area contributed by atoms with E-state index in [0.717, 1.165) is 25.8 Å². The van der Waals surface area contributed by atoms with E-state index in [1.165, 1.54) is 45.1 Å². The van der Waals surface area contributed by atoms with Gasteiger partial charge in [0.2, 0.25) is 0 Å². The fourth-order valence-electron chi connectivity index (χ4n) is 2.13. The molecule has 0 saturated carbocycles. The summed E-state index contributed by atoms with van der Waals surface area (Å²) in [7, 11) is 0. The number of nitrogens with zero attached hydrogens (tertiary/aromatic N) is 1. The first-order chi connectivity index (χ1) is 8.36. The molecule has 0 saturated heterocycles. The Morgan fingerprint density at radius 3 is 2.82 bits per heavy atom. The van der Waals surface area contributed by atoms with E-state index in [9.17, 15) is 0 Å². The van der Waals surface area contributed by atoms with Crippen molar-refractivity contribution in [3.63, 3.8) is 0 Å². The van der Waals surface area contributed by atoms with Crippen LogP contribution in [0.3, 0.4) is 0 Å². The first-order valence-corrected chi connectivity index (χ1v) is 9.22. The molecule has 0 aliphatic heterocycles. The molecule has 0 bridgehead atoms. The van der Waals surface area contributed by atoms with E-state index in [1.54, 1.807) is 0 Å². The molecule has 0 atom stereocenters. The minimum atomic E-state index is 1.14. The average Bonchev–Trinajstić information content (AvgIpc) is 2.39. The Morgan fingerprint density at radius 2 is 2.06 bits per heavy atom. The quantitative estimate of drug-likeness (QED) is 0.536. The molecule has 0 N–H and O–H groups in total. The van der Waals surface area contributed by atoms with Crippen LogP contribution >= 0.6 is 0 Å². The summed E-state index contributed by atoms with van der Waals surface area (Å²) in [6.45, 7) is 3.87. The summed E-state index contributed by atoms with van der Waals surface area (Å²) in [6, 6.07) is 6.49. The Labute approximate surface area is 119 Å². The van der Waals surface area contributed by atoms with Gasteiger partial charge in [-0.1, -0.05) is 0 Å². The van der Waals surface area contributed by atoms with Gasteiger partial charge in [-0.15, -0.1) is 0 Å². The molecule has 2 heteroatoms. The van der Waals surface area contributed by atoms with Gasteiger partial charge in [0.15, 0.2) is 0 Å². The molecule has 0 aliphatic rings. The number of aryl methyl sites for hydroxylation is 1. The van der Waals surface area contributed by atoms with E-state index in [0.29, 0.717) is 0 Å². The Balaban J connectivity index is 2.40. The SMILES string of the molecule is C=Cc1ccc(CCC[CH2][Tl])c2cnccc12. The van der Waals surface area contributed by atoms with Crippen molar-refractivity contribution >= 4 is 42.6 Å². The van der Waals surface area contributed by atoms with E-state index in [-0.39, 0.29) is 0 Å². The predicted octanol–water partition coefficient (Wildman–Crippen LogP) is 3.79. The Morgan fingerprint density at radius 1 is 1.18 bits per heavy atom. The van der Waals surface area contributed by atoms with Gasteiger partial charge in [-0.2, -0.15) is 0 Å². The fourth-order valence-corrected chi connectivity index (χ4v) is 3.25. The molecule has 0 aliphatic carbocycles. The van der Waals surface area contributed by atoms with Gasteiger partial charge in [0.25, 0.3) is 0 Å². The fraction of sp³-hybridized carbons (Fsp3) is 0.267. The number of rotatable bonds is 5. The molecular weight excluding hydrogens is 399 g/mol. The van der Waals surface area contributed by atoms with Gasteiger partial charge in [0.1, 0.15) is 0 Å². The van der Waals surface area contributed by atoms with Gasteiger partial charge in [0, 0.05) is 0 Å². The van der Waals surface area contributed by atoms with Crippen LogP contribution in [-0.2, 0) is 6.42 Å². The molecule has 84 valence electrons. The first kappa shape index (κ1) is 12.7. The van der Waals surface area contributed by atoms with Gasteiger partial charge in [-0.25, -0.2) is 0 Å². The van der Waals surface area contributed by atoms with Crippen LogP contribution in [0.25, 0.3) is 16.8 Å². The maximum absolute atomic E-state index is 4.25. The van der Waals surface area contributed by atoms with Crippen molar-refractivity contribution in [1.29, 1.82) is 0 Å². The van der Waals surface area contributed by atoms with Gasteiger partial charge in [0.05, 0.1) is 0 Å². The summed E-state index contributed by atoms with van der Waals surface area (Å²) in [4.78, 5) is 4.25. The minimum absolute atomic E-state index is 1.14. The zero-order valence-electron chi connectivity index (χ0n) is 10.0. The second-order valence-corrected chi connectivity index (χ2v) is 6.43. The predicted molar refractivity (Wildman–Crippen MR) is 75.3 cm³/mol. The number of fused-ring (bicyclic) bond motifs is 1. The van der Waals surface area contributed by atoms with Crippen LogP contribution in [0.4, 0.5) is 0 Å². The topological polar surface area (TPSA) is 12.9 Å². The van der Waals surface area contributed by atoms with Crippen LogP contribution in [0.1, 0.15) is 24.0 Å². The van der Waals surface area contributed by atoms with Crippen molar-refractivity contribution in [2.24, 2.45) is 0 Å². The summed E-state index contributed by atoms with van der Waals surface area (Å²) in [5.41, 5.74) is 2.63. The number of pyridine rings is 1. The van der Waals surface area contributed by atoms with Crippen molar-refractivity contribution in [3.05, 3.63) is 48.3 Å². The normalized spacial score (nSPS) is 10.5. The standard InChI is InChI=1S/C15H16N.Tl/c1-3-5-6-13-8-7-12(4-2)14-9-10-16-11-15(13)14;/h4,7-11H,1-3,5-6H2;. The molecule has 0 spiro atoms. The maximum atomic E-state index is 4.25. The van der Waals surface area contributed by atoms with Crippen LogP contribution in [0.5, 0.6) is 0 Å². The molecule has 2 rings (SSSR count).